The molecule has 2 aromatic carbocycles. The van der Waals surface area contributed by atoms with Gasteiger partial charge in [0.25, 0.3) is 0 Å². The van der Waals surface area contributed by atoms with E-state index in [9.17, 15) is 14.0 Å². The number of carbonyl (C=O) groups is 2. The average molecular weight is 335 g/mol. The molecule has 0 unspecified atom stereocenters. The Hall–Kier alpha value is -2.40. The number of hydrogen-bond acceptors (Lipinski definition) is 2. The second-order valence-electron chi connectivity index (χ2n) is 5.46. The lowest BCUT2D eigenvalue weighted by Crippen LogP contribution is -2.19. The molecule has 0 bridgehead atoms. The molecule has 0 aromatic heterocycles. The summed E-state index contributed by atoms with van der Waals surface area (Å²) in [7, 11) is 0. The van der Waals surface area contributed by atoms with Crippen molar-refractivity contribution in [2.75, 3.05) is 0 Å². The lowest BCUT2D eigenvalue weighted by Gasteiger charge is -2.18. The first-order valence-corrected chi connectivity index (χ1v) is 7.33. The maximum absolute atomic E-state index is 14.7. The average Bonchev–Trinajstić information content (AvgIpc) is 2.45. The number of benzene rings is 2. The van der Waals surface area contributed by atoms with Gasteiger partial charge in [-0.25, -0.2) is 4.39 Å². The topological polar surface area (TPSA) is 86.2 Å². The molecule has 0 aliphatic rings. The van der Waals surface area contributed by atoms with E-state index < -0.39 is 17.6 Å². The van der Waals surface area contributed by atoms with Crippen LogP contribution >= 0.6 is 11.6 Å². The molecule has 0 saturated carbocycles. The van der Waals surface area contributed by atoms with Crippen molar-refractivity contribution < 1.29 is 14.0 Å². The molecular weight excluding hydrogens is 319 g/mol. The third kappa shape index (κ3) is 3.19. The summed E-state index contributed by atoms with van der Waals surface area (Å²) in [6.07, 6.45) is 0. The van der Waals surface area contributed by atoms with Crippen LogP contribution in [0, 0.1) is 5.82 Å². The fraction of sp³-hybridized carbons (Fsp3) is 0.176. The molecule has 120 valence electrons. The maximum atomic E-state index is 14.7. The summed E-state index contributed by atoms with van der Waals surface area (Å²) in [5, 5.41) is 0.229. The molecule has 0 fully saturated rings. The Labute approximate surface area is 138 Å². The SMILES string of the molecule is CC(C)c1cc(Cl)cc(F)c1-c1c(C(N)=O)cccc1C(N)=O. The minimum Gasteiger partial charge on any atom is -0.366 e. The fourth-order valence-electron chi connectivity index (χ4n) is 2.54. The van der Waals surface area contributed by atoms with Crippen molar-refractivity contribution in [1.29, 1.82) is 0 Å². The summed E-state index contributed by atoms with van der Waals surface area (Å²) in [6, 6.07) is 7.08. The van der Waals surface area contributed by atoms with E-state index in [-0.39, 0.29) is 33.2 Å². The van der Waals surface area contributed by atoms with Gasteiger partial charge in [0.05, 0.1) is 0 Å². The van der Waals surface area contributed by atoms with E-state index in [0.29, 0.717) is 5.56 Å². The standard InChI is InChI=1S/C17H16ClFN2O2/c1-8(2)12-6-9(18)7-13(19)15(12)14-10(16(20)22)4-3-5-11(14)17(21)23/h3-8H,1-2H3,(H2,20,22)(H2,21,23). The second kappa shape index (κ2) is 6.38. The minimum absolute atomic E-state index is 0.0319. The molecular formula is C17H16ClFN2O2. The maximum Gasteiger partial charge on any atom is 0.249 e. The van der Waals surface area contributed by atoms with Crippen LogP contribution in [0.2, 0.25) is 5.02 Å². The van der Waals surface area contributed by atoms with Crippen LogP contribution in [0.3, 0.4) is 0 Å². The van der Waals surface area contributed by atoms with E-state index >= 15 is 0 Å². The van der Waals surface area contributed by atoms with Gasteiger partial charge in [-0.3, -0.25) is 9.59 Å². The van der Waals surface area contributed by atoms with Gasteiger partial charge in [0.15, 0.2) is 0 Å². The molecule has 4 N–H and O–H groups in total. The highest BCUT2D eigenvalue weighted by atomic mass is 35.5. The molecule has 23 heavy (non-hydrogen) atoms. The predicted molar refractivity (Wildman–Crippen MR) is 88.0 cm³/mol. The van der Waals surface area contributed by atoms with E-state index in [1.807, 2.05) is 13.8 Å². The van der Waals surface area contributed by atoms with Crippen LogP contribution in [0.1, 0.15) is 46.0 Å². The third-order valence-corrected chi connectivity index (χ3v) is 3.77. The van der Waals surface area contributed by atoms with Crippen LogP contribution in [0.4, 0.5) is 4.39 Å². The number of carbonyl (C=O) groups excluding carboxylic acids is 2. The number of rotatable bonds is 4. The first kappa shape index (κ1) is 17.0. The van der Waals surface area contributed by atoms with Gasteiger partial charge >= 0.3 is 0 Å². The van der Waals surface area contributed by atoms with Gasteiger partial charge in [-0.1, -0.05) is 31.5 Å². The quantitative estimate of drug-likeness (QED) is 0.897. The summed E-state index contributed by atoms with van der Waals surface area (Å²) >= 11 is 5.94. The summed E-state index contributed by atoms with van der Waals surface area (Å²) in [6.45, 7) is 3.71. The predicted octanol–water partition coefficient (Wildman–Crippen LogP) is 3.47. The van der Waals surface area contributed by atoms with Gasteiger partial charge in [0, 0.05) is 27.3 Å². The Morgan fingerprint density at radius 3 is 2.00 bits per heavy atom. The zero-order valence-electron chi connectivity index (χ0n) is 12.7. The van der Waals surface area contributed by atoms with E-state index in [1.54, 1.807) is 6.07 Å². The van der Waals surface area contributed by atoms with Crippen molar-refractivity contribution >= 4 is 23.4 Å². The van der Waals surface area contributed by atoms with Crippen LogP contribution in [-0.4, -0.2) is 11.8 Å². The van der Waals surface area contributed by atoms with Crippen molar-refractivity contribution in [3.63, 3.8) is 0 Å². The van der Waals surface area contributed by atoms with Crippen LogP contribution in [0.25, 0.3) is 11.1 Å². The molecule has 0 radical (unpaired) electrons. The van der Waals surface area contributed by atoms with Crippen molar-refractivity contribution in [3.8, 4) is 11.1 Å². The Morgan fingerprint density at radius 2 is 1.57 bits per heavy atom. The van der Waals surface area contributed by atoms with Crippen LogP contribution in [0.5, 0.6) is 0 Å². The molecule has 2 aromatic rings. The molecule has 4 nitrogen and oxygen atoms in total. The number of halogens is 2. The van der Waals surface area contributed by atoms with Crippen molar-refractivity contribution in [3.05, 3.63) is 57.9 Å². The molecule has 2 rings (SSSR count). The summed E-state index contributed by atoms with van der Waals surface area (Å²) in [5.74, 6) is -2.28. The summed E-state index contributed by atoms with van der Waals surface area (Å²) < 4.78 is 14.7. The Morgan fingerprint density at radius 1 is 1.04 bits per heavy atom. The Kier molecular flexibility index (Phi) is 4.71. The van der Waals surface area contributed by atoms with Crippen LogP contribution in [-0.2, 0) is 0 Å². The third-order valence-electron chi connectivity index (χ3n) is 3.55. The van der Waals surface area contributed by atoms with Gasteiger partial charge in [-0.05, 0) is 35.7 Å². The molecule has 0 saturated heterocycles. The van der Waals surface area contributed by atoms with Gasteiger partial charge in [-0.15, -0.1) is 0 Å². The van der Waals surface area contributed by atoms with Gasteiger partial charge < -0.3 is 11.5 Å². The first-order valence-electron chi connectivity index (χ1n) is 6.96. The zero-order chi connectivity index (χ0) is 17.3. The number of amides is 2. The highest BCUT2D eigenvalue weighted by Gasteiger charge is 2.24. The van der Waals surface area contributed by atoms with E-state index in [2.05, 4.69) is 0 Å². The van der Waals surface area contributed by atoms with Crippen LogP contribution in [0.15, 0.2) is 30.3 Å². The molecule has 0 spiro atoms. The molecule has 0 heterocycles. The fourth-order valence-corrected chi connectivity index (χ4v) is 2.76. The van der Waals surface area contributed by atoms with E-state index in [4.69, 9.17) is 23.1 Å². The molecule has 6 heteroatoms. The highest BCUT2D eigenvalue weighted by molar-refractivity contribution is 6.30. The Bertz CT molecular complexity index is 771. The minimum atomic E-state index is -0.771. The zero-order valence-corrected chi connectivity index (χ0v) is 13.4. The number of hydrogen-bond donors (Lipinski definition) is 2. The van der Waals surface area contributed by atoms with Crippen molar-refractivity contribution in [2.45, 2.75) is 19.8 Å². The first-order chi connectivity index (χ1) is 10.7. The molecule has 0 atom stereocenters. The molecule has 0 aliphatic carbocycles. The van der Waals surface area contributed by atoms with Gasteiger partial charge in [-0.2, -0.15) is 0 Å². The van der Waals surface area contributed by atoms with Crippen molar-refractivity contribution in [2.24, 2.45) is 11.5 Å². The van der Waals surface area contributed by atoms with Gasteiger partial charge in [0.2, 0.25) is 11.8 Å². The number of primary amides is 2. The van der Waals surface area contributed by atoms with Crippen LogP contribution < -0.4 is 11.5 Å². The Balaban J connectivity index is 2.97. The number of nitrogens with two attached hydrogens (primary N) is 2. The normalized spacial score (nSPS) is 10.8. The lowest BCUT2D eigenvalue weighted by atomic mass is 9.86. The van der Waals surface area contributed by atoms with E-state index in [0.717, 1.165) is 6.07 Å². The second-order valence-corrected chi connectivity index (χ2v) is 5.90. The summed E-state index contributed by atoms with van der Waals surface area (Å²) in [4.78, 5) is 23.5. The highest BCUT2D eigenvalue weighted by Crippen LogP contribution is 2.37. The summed E-state index contributed by atoms with van der Waals surface area (Å²) in [5.41, 5.74) is 11.6. The largest absolute Gasteiger partial charge is 0.366 e. The lowest BCUT2D eigenvalue weighted by molar-refractivity contribution is 0.0999. The smallest absolute Gasteiger partial charge is 0.249 e. The van der Waals surface area contributed by atoms with Crippen molar-refractivity contribution in [1.82, 2.24) is 0 Å². The van der Waals surface area contributed by atoms with Gasteiger partial charge in [0.1, 0.15) is 5.82 Å². The molecule has 0 aliphatic heterocycles. The molecule has 2 amide bonds. The monoisotopic (exact) mass is 334 g/mol. The van der Waals surface area contributed by atoms with E-state index in [1.165, 1.54) is 18.2 Å².